The SMILES string of the molecule is Cc1cccc(C(=O)N2CC[C@@]3(C2)CN(Cc2cccnc2)c2cccnc23)n1. The van der Waals surface area contributed by atoms with E-state index in [1.807, 2.05) is 48.5 Å². The highest BCUT2D eigenvalue weighted by atomic mass is 16.2. The van der Waals surface area contributed by atoms with Crippen molar-refractivity contribution in [3.05, 3.63) is 83.7 Å². The summed E-state index contributed by atoms with van der Waals surface area (Å²) in [6.07, 6.45) is 6.48. The molecule has 2 aliphatic rings. The van der Waals surface area contributed by atoms with E-state index in [4.69, 9.17) is 4.98 Å². The number of carbonyl (C=O) groups is 1. The number of nitrogens with zero attached hydrogens (tertiary/aromatic N) is 5. The molecule has 2 aliphatic heterocycles. The molecule has 0 bridgehead atoms. The Kier molecular flexibility index (Phi) is 4.27. The van der Waals surface area contributed by atoms with Crippen LogP contribution < -0.4 is 4.90 Å². The van der Waals surface area contributed by atoms with Gasteiger partial charge in [0.05, 0.1) is 16.8 Å². The summed E-state index contributed by atoms with van der Waals surface area (Å²) in [5, 5.41) is 0. The summed E-state index contributed by atoms with van der Waals surface area (Å²) in [7, 11) is 0. The molecule has 5 heterocycles. The molecule has 1 fully saturated rings. The van der Waals surface area contributed by atoms with E-state index >= 15 is 0 Å². The van der Waals surface area contributed by atoms with Gasteiger partial charge in [0.2, 0.25) is 0 Å². The number of pyridine rings is 3. The van der Waals surface area contributed by atoms with Gasteiger partial charge >= 0.3 is 0 Å². The van der Waals surface area contributed by atoms with E-state index in [0.717, 1.165) is 37.4 Å². The van der Waals surface area contributed by atoms with Gasteiger partial charge in [0.15, 0.2) is 0 Å². The van der Waals surface area contributed by atoms with E-state index in [1.54, 1.807) is 12.3 Å². The van der Waals surface area contributed by atoms with Gasteiger partial charge in [-0.25, -0.2) is 4.98 Å². The molecule has 1 atom stereocenters. The molecule has 0 aliphatic carbocycles. The van der Waals surface area contributed by atoms with Crippen LogP contribution in [0.1, 0.15) is 33.9 Å². The molecule has 0 N–H and O–H groups in total. The van der Waals surface area contributed by atoms with Gasteiger partial charge in [-0.15, -0.1) is 0 Å². The highest BCUT2D eigenvalue weighted by molar-refractivity contribution is 5.92. The van der Waals surface area contributed by atoms with Gasteiger partial charge in [-0.1, -0.05) is 12.1 Å². The summed E-state index contributed by atoms with van der Waals surface area (Å²) in [4.78, 5) is 30.8. The van der Waals surface area contributed by atoms with Crippen LogP contribution in [0.25, 0.3) is 0 Å². The summed E-state index contributed by atoms with van der Waals surface area (Å²) in [5.74, 6) is 0.00812. The van der Waals surface area contributed by atoms with Crippen molar-refractivity contribution in [3.63, 3.8) is 0 Å². The van der Waals surface area contributed by atoms with E-state index in [9.17, 15) is 4.79 Å². The van der Waals surface area contributed by atoms with E-state index in [-0.39, 0.29) is 11.3 Å². The fourth-order valence-electron chi connectivity index (χ4n) is 4.63. The van der Waals surface area contributed by atoms with E-state index in [1.165, 1.54) is 11.3 Å². The lowest BCUT2D eigenvalue weighted by Gasteiger charge is -2.25. The number of hydrogen-bond acceptors (Lipinski definition) is 5. The third-order valence-electron chi connectivity index (χ3n) is 5.97. The first-order valence-electron chi connectivity index (χ1n) is 9.97. The van der Waals surface area contributed by atoms with Crippen molar-refractivity contribution in [1.29, 1.82) is 0 Å². The predicted octanol–water partition coefficient (Wildman–Crippen LogP) is 2.98. The minimum atomic E-state index is -0.127. The van der Waals surface area contributed by atoms with Crippen molar-refractivity contribution >= 4 is 11.6 Å². The minimum Gasteiger partial charge on any atom is -0.365 e. The Bertz CT molecular complexity index is 1050. The lowest BCUT2D eigenvalue weighted by Crippen LogP contribution is -2.38. The Morgan fingerprint density at radius 1 is 1.10 bits per heavy atom. The maximum atomic E-state index is 13.0. The smallest absolute Gasteiger partial charge is 0.272 e. The third kappa shape index (κ3) is 3.14. The van der Waals surface area contributed by atoms with Gasteiger partial charge in [-0.05, 0) is 49.2 Å². The van der Waals surface area contributed by atoms with Crippen LogP contribution in [0.5, 0.6) is 0 Å². The van der Waals surface area contributed by atoms with Crippen molar-refractivity contribution in [1.82, 2.24) is 19.9 Å². The standard InChI is InChI=1S/C23H23N5O/c1-17-5-2-7-19(26-17)22(29)27-12-9-23(15-27)16-28(14-18-6-3-10-24-13-18)20-8-4-11-25-21(20)23/h2-8,10-11,13H,9,12,14-16H2,1H3/t23-/m1/s1. The van der Waals surface area contributed by atoms with Gasteiger partial charge < -0.3 is 9.80 Å². The van der Waals surface area contributed by atoms with Crippen LogP contribution in [0.3, 0.4) is 0 Å². The molecular formula is C23H23N5O. The molecule has 5 rings (SSSR count). The van der Waals surface area contributed by atoms with Crippen LogP contribution in [-0.4, -0.2) is 45.4 Å². The topological polar surface area (TPSA) is 62.2 Å². The highest BCUT2D eigenvalue weighted by Crippen LogP contribution is 2.45. The fraction of sp³-hybridized carbons (Fsp3) is 0.304. The van der Waals surface area contributed by atoms with E-state index in [0.29, 0.717) is 12.2 Å². The Labute approximate surface area is 170 Å². The number of likely N-dealkylation sites (tertiary alicyclic amines) is 1. The number of aromatic nitrogens is 3. The quantitative estimate of drug-likeness (QED) is 0.694. The normalized spacial score (nSPS) is 20.3. The number of amides is 1. The van der Waals surface area contributed by atoms with Crippen LogP contribution in [0.15, 0.2) is 61.1 Å². The van der Waals surface area contributed by atoms with E-state index in [2.05, 4.69) is 27.0 Å². The number of anilines is 1. The van der Waals surface area contributed by atoms with E-state index < -0.39 is 0 Å². The van der Waals surface area contributed by atoms with Crippen LogP contribution in [-0.2, 0) is 12.0 Å². The molecule has 146 valence electrons. The highest BCUT2D eigenvalue weighted by Gasteiger charge is 2.49. The van der Waals surface area contributed by atoms with Crippen molar-refractivity contribution in [2.75, 3.05) is 24.5 Å². The molecule has 0 radical (unpaired) electrons. The molecule has 1 saturated heterocycles. The van der Waals surface area contributed by atoms with Crippen LogP contribution in [0, 0.1) is 6.92 Å². The summed E-state index contributed by atoms with van der Waals surface area (Å²) in [5.41, 5.74) is 4.71. The van der Waals surface area contributed by atoms with Crippen molar-refractivity contribution in [2.45, 2.75) is 25.3 Å². The molecule has 1 spiro atoms. The number of rotatable bonds is 3. The number of fused-ring (bicyclic) bond motifs is 2. The molecule has 0 aromatic carbocycles. The molecule has 6 nitrogen and oxygen atoms in total. The molecule has 0 unspecified atom stereocenters. The largest absolute Gasteiger partial charge is 0.365 e. The van der Waals surface area contributed by atoms with Crippen molar-refractivity contribution in [3.8, 4) is 0 Å². The molecule has 0 saturated carbocycles. The zero-order chi connectivity index (χ0) is 19.8. The maximum Gasteiger partial charge on any atom is 0.272 e. The van der Waals surface area contributed by atoms with Crippen molar-refractivity contribution < 1.29 is 4.79 Å². The summed E-state index contributed by atoms with van der Waals surface area (Å²) in [6, 6.07) is 13.8. The second kappa shape index (κ2) is 6.95. The van der Waals surface area contributed by atoms with Crippen LogP contribution >= 0.6 is 0 Å². The summed E-state index contributed by atoms with van der Waals surface area (Å²) in [6.45, 7) is 4.97. The first kappa shape index (κ1) is 17.8. The number of carbonyl (C=O) groups excluding carboxylic acids is 1. The van der Waals surface area contributed by atoms with Crippen LogP contribution in [0.4, 0.5) is 5.69 Å². The Balaban J connectivity index is 1.41. The Morgan fingerprint density at radius 3 is 2.83 bits per heavy atom. The molecular weight excluding hydrogens is 362 g/mol. The minimum absolute atomic E-state index is 0.00812. The molecule has 29 heavy (non-hydrogen) atoms. The predicted molar refractivity (Wildman–Crippen MR) is 111 cm³/mol. The lowest BCUT2D eigenvalue weighted by atomic mass is 9.85. The molecule has 6 heteroatoms. The monoisotopic (exact) mass is 385 g/mol. The molecule has 1 amide bonds. The second-order valence-electron chi connectivity index (χ2n) is 8.01. The van der Waals surface area contributed by atoms with Crippen LogP contribution in [0.2, 0.25) is 0 Å². The zero-order valence-corrected chi connectivity index (χ0v) is 16.5. The first-order valence-corrected chi connectivity index (χ1v) is 9.97. The Hall–Kier alpha value is -3.28. The lowest BCUT2D eigenvalue weighted by molar-refractivity contribution is 0.0778. The van der Waals surface area contributed by atoms with Gasteiger partial charge in [-0.2, -0.15) is 0 Å². The third-order valence-corrected chi connectivity index (χ3v) is 5.97. The average molecular weight is 385 g/mol. The summed E-state index contributed by atoms with van der Waals surface area (Å²) >= 11 is 0. The van der Waals surface area contributed by atoms with Gasteiger partial charge in [0.25, 0.3) is 5.91 Å². The average Bonchev–Trinajstić information content (AvgIpc) is 3.31. The molecule has 3 aromatic rings. The number of aryl methyl sites for hydroxylation is 1. The van der Waals surface area contributed by atoms with Gasteiger partial charge in [0.1, 0.15) is 5.69 Å². The number of hydrogen-bond donors (Lipinski definition) is 0. The van der Waals surface area contributed by atoms with Gasteiger partial charge in [-0.3, -0.25) is 14.8 Å². The first-order chi connectivity index (χ1) is 14.1. The Morgan fingerprint density at radius 2 is 2.00 bits per heavy atom. The summed E-state index contributed by atoms with van der Waals surface area (Å²) < 4.78 is 0. The molecule has 3 aromatic heterocycles. The second-order valence-corrected chi connectivity index (χ2v) is 8.01. The van der Waals surface area contributed by atoms with Gasteiger partial charge in [0, 0.05) is 50.5 Å². The maximum absolute atomic E-state index is 13.0. The fourth-order valence-corrected chi connectivity index (χ4v) is 4.63. The zero-order valence-electron chi connectivity index (χ0n) is 16.5. The van der Waals surface area contributed by atoms with Crippen molar-refractivity contribution in [2.24, 2.45) is 0 Å².